The van der Waals surface area contributed by atoms with Crippen LogP contribution in [-0.4, -0.2) is 18.5 Å². The number of nitrogens with two attached hydrogens (primary N) is 1. The van der Waals surface area contributed by atoms with Gasteiger partial charge in [0.2, 0.25) is 0 Å². The minimum Gasteiger partial charge on any atom is -0.449 e. The van der Waals surface area contributed by atoms with Crippen LogP contribution in [0.15, 0.2) is 78.6 Å². The number of hydrogen-bond donors (Lipinski definition) is 1. The molecule has 0 bridgehead atoms. The molecule has 8 atom stereocenters. The first-order chi connectivity index (χ1) is 23.0. The van der Waals surface area contributed by atoms with Gasteiger partial charge in [-0.3, -0.25) is 4.79 Å². The maximum Gasteiger partial charge on any atom is 0.339 e. The molecule has 3 saturated carbocycles. The van der Waals surface area contributed by atoms with Gasteiger partial charge in [-0.25, -0.2) is 4.79 Å². The molecule has 0 unspecified atom stereocenters. The van der Waals surface area contributed by atoms with Crippen molar-refractivity contribution in [2.24, 2.45) is 51.6 Å². The summed E-state index contributed by atoms with van der Waals surface area (Å²) in [5, 5.41) is 0. The summed E-state index contributed by atoms with van der Waals surface area (Å²) in [4.78, 5) is 28.7. The molecule has 1 aromatic carbocycles. The summed E-state index contributed by atoms with van der Waals surface area (Å²) < 4.78 is 13.5. The summed E-state index contributed by atoms with van der Waals surface area (Å²) in [5.41, 5.74) is 6.29. The van der Waals surface area contributed by atoms with Gasteiger partial charge in [-0.2, -0.15) is 0 Å². The van der Waals surface area contributed by atoms with Crippen LogP contribution in [0.1, 0.15) is 105 Å². The van der Waals surface area contributed by atoms with Gasteiger partial charge >= 0.3 is 11.9 Å². The Balaban J connectivity index is 1.18. The summed E-state index contributed by atoms with van der Waals surface area (Å²) in [6.07, 6.45) is 35.7. The smallest absolute Gasteiger partial charge is 0.339 e. The molecule has 6 aliphatic carbocycles. The van der Waals surface area contributed by atoms with Crippen LogP contribution in [0, 0.1) is 45.8 Å². The number of aryl methyl sites for hydroxylation is 1. The van der Waals surface area contributed by atoms with Gasteiger partial charge in [0.05, 0.1) is 11.0 Å². The van der Waals surface area contributed by atoms with Crippen LogP contribution in [0.3, 0.4) is 0 Å². The number of benzene rings is 1. The summed E-state index contributed by atoms with van der Waals surface area (Å²) in [7, 11) is 0. The molecule has 2 aliphatic heterocycles. The molecule has 4 fully saturated rings. The number of ether oxygens (including phenoxy) is 2. The molecular weight excluding hydrogens is 582 g/mol. The minimum atomic E-state index is -0.919. The lowest BCUT2D eigenvalue weighted by Crippen LogP contribution is -2.75. The first kappa shape index (κ1) is 29.9. The fourth-order valence-electron chi connectivity index (χ4n) is 12.3. The summed E-state index contributed by atoms with van der Waals surface area (Å²) in [6, 6.07) is 6.29. The van der Waals surface area contributed by atoms with Crippen molar-refractivity contribution in [2.75, 3.05) is 6.54 Å². The highest BCUT2D eigenvalue weighted by molar-refractivity contribution is 5.99. The van der Waals surface area contributed by atoms with Crippen molar-refractivity contribution in [1.29, 1.82) is 0 Å². The normalized spacial score (nSPS) is 41.7. The molecule has 0 radical (unpaired) electrons. The van der Waals surface area contributed by atoms with E-state index >= 15 is 0 Å². The zero-order chi connectivity index (χ0) is 31.9. The molecule has 2 N–H and O–H groups in total. The summed E-state index contributed by atoms with van der Waals surface area (Å²) in [6.45, 7) is 0.573. The Hall–Kier alpha value is -3.18. The molecule has 9 rings (SSSR count). The molecule has 1 aromatic rings. The summed E-state index contributed by atoms with van der Waals surface area (Å²) >= 11 is 0. The van der Waals surface area contributed by atoms with Crippen LogP contribution < -0.4 is 5.73 Å². The third-order valence-corrected chi connectivity index (χ3v) is 14.2. The lowest BCUT2D eigenvalue weighted by molar-refractivity contribution is -0.271. The average molecular weight is 632 g/mol. The highest BCUT2D eigenvalue weighted by Crippen LogP contribution is 2.84. The predicted molar refractivity (Wildman–Crippen MR) is 182 cm³/mol. The molecule has 5 nitrogen and oxygen atoms in total. The fourth-order valence-corrected chi connectivity index (χ4v) is 12.3. The van der Waals surface area contributed by atoms with Crippen molar-refractivity contribution in [2.45, 2.75) is 95.5 Å². The first-order valence-electron chi connectivity index (χ1n) is 18.7. The van der Waals surface area contributed by atoms with E-state index in [-0.39, 0.29) is 29.2 Å². The van der Waals surface area contributed by atoms with Crippen molar-refractivity contribution in [3.8, 4) is 0 Å². The van der Waals surface area contributed by atoms with E-state index in [1.54, 1.807) is 0 Å². The number of cyclic esters (lactones) is 1. The highest BCUT2D eigenvalue weighted by atomic mass is 16.6. The Kier molecular flexibility index (Phi) is 6.95. The number of carbonyl (C=O) groups is 2. The van der Waals surface area contributed by atoms with E-state index in [9.17, 15) is 9.59 Å². The van der Waals surface area contributed by atoms with Gasteiger partial charge in [0.25, 0.3) is 0 Å². The molecule has 2 spiro atoms. The van der Waals surface area contributed by atoms with E-state index in [1.165, 1.54) is 44.9 Å². The van der Waals surface area contributed by atoms with Gasteiger partial charge in [0.1, 0.15) is 11.2 Å². The van der Waals surface area contributed by atoms with Crippen LogP contribution >= 0.6 is 0 Å². The average Bonchev–Trinajstić information content (AvgIpc) is 3.71. The zero-order valence-electron chi connectivity index (χ0n) is 27.6. The van der Waals surface area contributed by atoms with Crippen molar-refractivity contribution < 1.29 is 19.1 Å². The number of esters is 2. The monoisotopic (exact) mass is 631 g/mol. The molecule has 246 valence electrons. The first-order valence-corrected chi connectivity index (χ1v) is 18.7. The molecule has 2 heterocycles. The van der Waals surface area contributed by atoms with E-state index in [0.717, 1.165) is 61.8 Å². The molecular formula is C42H49NO4. The lowest BCUT2D eigenvalue weighted by atomic mass is 9.31. The molecule has 8 aliphatic rings. The summed E-state index contributed by atoms with van der Waals surface area (Å²) in [5.74, 6) is 2.14. The Morgan fingerprint density at radius 1 is 0.936 bits per heavy atom. The Morgan fingerprint density at radius 2 is 1.79 bits per heavy atom. The lowest BCUT2D eigenvalue weighted by Gasteiger charge is -2.68. The number of allylic oxidation sites excluding steroid dienone is 8. The second-order valence-electron chi connectivity index (χ2n) is 16.0. The quantitative estimate of drug-likeness (QED) is 0.242. The van der Waals surface area contributed by atoms with E-state index < -0.39 is 16.4 Å². The Labute approximate surface area is 279 Å². The van der Waals surface area contributed by atoms with Crippen molar-refractivity contribution in [1.82, 2.24) is 0 Å². The highest BCUT2D eigenvalue weighted by Gasteiger charge is 2.90. The molecule has 47 heavy (non-hydrogen) atoms. The van der Waals surface area contributed by atoms with E-state index in [4.69, 9.17) is 15.2 Å². The topological polar surface area (TPSA) is 78.6 Å². The van der Waals surface area contributed by atoms with Crippen LogP contribution in [0.4, 0.5) is 0 Å². The van der Waals surface area contributed by atoms with E-state index in [0.29, 0.717) is 29.9 Å². The minimum absolute atomic E-state index is 0.124. The maximum absolute atomic E-state index is 14.5. The second kappa shape index (κ2) is 10.9. The Bertz CT molecular complexity index is 1640. The molecule has 0 amide bonds. The number of hydrogen-bond acceptors (Lipinski definition) is 5. The van der Waals surface area contributed by atoms with Crippen molar-refractivity contribution >= 4 is 11.9 Å². The van der Waals surface area contributed by atoms with Gasteiger partial charge in [0, 0.05) is 16.9 Å². The zero-order valence-corrected chi connectivity index (χ0v) is 27.6. The molecule has 0 aromatic heterocycles. The SMILES string of the molecule is NCCCc1cccc2c1C(=O)O[C@]21[C@@H](CCC2CCCCC2)[C@]23C=CCC[C@@]21C(=C[C@@H]1C=C[C@H]2CC[C@H]4C=CC=C[C@@]42C1)OC3=O. The van der Waals surface area contributed by atoms with E-state index in [1.807, 2.05) is 0 Å². The Morgan fingerprint density at radius 3 is 2.64 bits per heavy atom. The van der Waals surface area contributed by atoms with Gasteiger partial charge in [0.15, 0.2) is 5.60 Å². The fraction of sp³-hybridized carbons (Fsp3) is 0.571. The largest absolute Gasteiger partial charge is 0.449 e. The number of carbonyl (C=O) groups excluding carboxylic acids is 2. The van der Waals surface area contributed by atoms with Crippen LogP contribution in [0.2, 0.25) is 0 Å². The number of fused-ring (bicyclic) bond motifs is 2. The van der Waals surface area contributed by atoms with Gasteiger partial charge in [-0.1, -0.05) is 98.9 Å². The van der Waals surface area contributed by atoms with Crippen LogP contribution in [0.25, 0.3) is 0 Å². The third-order valence-electron chi connectivity index (χ3n) is 14.2. The van der Waals surface area contributed by atoms with Crippen LogP contribution in [-0.2, 0) is 26.3 Å². The van der Waals surface area contributed by atoms with Crippen molar-refractivity contribution in [3.63, 3.8) is 0 Å². The second-order valence-corrected chi connectivity index (χ2v) is 16.0. The third kappa shape index (κ3) is 3.81. The standard InChI is InChI=1S/C42H49NO4/c43-25-9-13-30-12-8-15-33-36(30)37(44)47-42(33)34(21-17-28-10-2-1-3-11-28)40-23-6-7-24-41(40,42)35(46-38(40)45)26-29-16-18-32-20-19-31-14-4-5-22-39(31,32)27-29/h4-6,8,12,14-16,18,22-23,26,28-29,31-32,34H,1-3,7,9-11,13,17,19-21,24-25,27,43H2/t29-,31+,32-,34-,39+,40-,41+,42-/m0/s1. The molecule has 5 heteroatoms. The number of rotatable bonds is 7. The molecule has 1 saturated heterocycles. The predicted octanol–water partition coefficient (Wildman–Crippen LogP) is 8.41. The maximum atomic E-state index is 14.5. The van der Waals surface area contributed by atoms with Crippen LogP contribution in [0.5, 0.6) is 0 Å². The van der Waals surface area contributed by atoms with Gasteiger partial charge in [-0.05, 0) is 99.6 Å². The van der Waals surface area contributed by atoms with Crippen molar-refractivity contribution in [3.05, 3.63) is 95.3 Å². The van der Waals surface area contributed by atoms with Gasteiger partial charge < -0.3 is 15.2 Å². The van der Waals surface area contributed by atoms with E-state index in [2.05, 4.69) is 72.9 Å². The van der Waals surface area contributed by atoms with Gasteiger partial charge in [-0.15, -0.1) is 0 Å².